The molecule has 8 aromatic carbocycles. The molecule has 0 unspecified atom stereocenters. The Morgan fingerprint density at radius 2 is 0.914 bits per heavy atom. The average molecular weight is 759 g/mol. The predicted octanol–water partition coefficient (Wildman–Crippen LogP) is 15.2. The number of hydrogen-bond donors (Lipinski definition) is 0. The normalized spacial score (nSPS) is 12.8. The summed E-state index contributed by atoms with van der Waals surface area (Å²) >= 11 is 1.85. The van der Waals surface area contributed by atoms with Crippen molar-refractivity contribution in [1.29, 1.82) is 0 Å². The molecule has 0 radical (unpaired) electrons. The first kappa shape index (κ1) is 34.3. The van der Waals surface area contributed by atoms with Crippen LogP contribution < -0.4 is 0 Å². The Morgan fingerprint density at radius 1 is 0.362 bits per heavy atom. The van der Waals surface area contributed by atoms with E-state index in [9.17, 15) is 0 Å². The van der Waals surface area contributed by atoms with Gasteiger partial charge in [0.05, 0.1) is 11.4 Å². The van der Waals surface area contributed by atoms with Crippen molar-refractivity contribution in [3.05, 3.63) is 205 Å². The van der Waals surface area contributed by atoms with Crippen LogP contribution in [0.3, 0.4) is 0 Å². The van der Waals surface area contributed by atoms with Crippen LogP contribution in [0, 0.1) is 0 Å². The lowest BCUT2D eigenvalue weighted by molar-refractivity contribution is 0.660. The zero-order chi connectivity index (χ0) is 38.8. The molecule has 1 aliphatic rings. The number of aromatic nitrogens is 2. The van der Waals surface area contributed by atoms with Crippen LogP contribution >= 0.6 is 11.3 Å². The Balaban J connectivity index is 1.15. The maximum absolute atomic E-state index is 5.37. The molecule has 0 spiro atoms. The molecular weight excluding hydrogens is 721 g/mol. The van der Waals surface area contributed by atoms with Gasteiger partial charge in [0, 0.05) is 42.3 Å². The Labute approximate surface area is 342 Å². The molecule has 0 N–H and O–H groups in total. The van der Waals surface area contributed by atoms with Gasteiger partial charge in [0.15, 0.2) is 5.82 Å². The van der Waals surface area contributed by atoms with Crippen molar-refractivity contribution in [2.75, 3.05) is 0 Å². The minimum absolute atomic E-state index is 0.119. The van der Waals surface area contributed by atoms with E-state index in [1.54, 1.807) is 0 Å². The molecule has 11 rings (SSSR count). The number of thiophene rings is 1. The molecule has 0 amide bonds. The highest BCUT2D eigenvalue weighted by Crippen LogP contribution is 2.52. The van der Waals surface area contributed by atoms with Gasteiger partial charge in [-0.15, -0.1) is 11.3 Å². The highest BCUT2D eigenvalue weighted by molar-refractivity contribution is 7.25. The first-order chi connectivity index (χ1) is 28.5. The van der Waals surface area contributed by atoms with Gasteiger partial charge in [0.25, 0.3) is 0 Å². The van der Waals surface area contributed by atoms with Gasteiger partial charge in [0.2, 0.25) is 0 Å². The fourth-order valence-corrected chi connectivity index (χ4v) is 10.0. The summed E-state index contributed by atoms with van der Waals surface area (Å²) in [6.45, 7) is 4.66. The van der Waals surface area contributed by atoms with Crippen LogP contribution in [0.4, 0.5) is 0 Å². The largest absolute Gasteiger partial charge is 0.228 e. The topological polar surface area (TPSA) is 25.8 Å². The highest BCUT2D eigenvalue weighted by Gasteiger charge is 2.36. The van der Waals surface area contributed by atoms with Crippen molar-refractivity contribution in [1.82, 2.24) is 9.97 Å². The summed E-state index contributed by atoms with van der Waals surface area (Å²) in [5, 5.41) is 2.58. The molecule has 0 saturated carbocycles. The minimum Gasteiger partial charge on any atom is -0.228 e. The molecule has 0 atom stereocenters. The quantitative estimate of drug-likeness (QED) is 0.169. The van der Waals surface area contributed by atoms with Crippen LogP contribution in [0.15, 0.2) is 194 Å². The second kappa shape index (κ2) is 13.6. The molecule has 58 heavy (non-hydrogen) atoms. The van der Waals surface area contributed by atoms with Gasteiger partial charge in [-0.3, -0.25) is 0 Å². The molecule has 1 aliphatic carbocycles. The molecule has 0 fully saturated rings. The fraction of sp³-hybridized carbons (Fsp3) is 0.0545. The molecule has 2 nitrogen and oxygen atoms in total. The van der Waals surface area contributed by atoms with E-state index in [1.165, 1.54) is 59.1 Å². The molecule has 10 aromatic rings. The molecule has 3 heteroatoms. The van der Waals surface area contributed by atoms with Gasteiger partial charge in [0.1, 0.15) is 0 Å². The predicted molar refractivity (Wildman–Crippen MR) is 245 cm³/mol. The van der Waals surface area contributed by atoms with Crippen LogP contribution in [0.2, 0.25) is 0 Å². The molecule has 0 saturated heterocycles. The monoisotopic (exact) mass is 758 g/mol. The summed E-state index contributed by atoms with van der Waals surface area (Å²) in [7, 11) is 0. The smallest absolute Gasteiger partial charge is 0.160 e. The number of nitrogens with zero attached hydrogens (tertiary/aromatic N) is 2. The van der Waals surface area contributed by atoms with Crippen LogP contribution in [-0.4, -0.2) is 9.97 Å². The summed E-state index contributed by atoms with van der Waals surface area (Å²) in [4.78, 5) is 10.7. The van der Waals surface area contributed by atoms with E-state index in [-0.39, 0.29) is 5.41 Å². The Hall–Kier alpha value is -6.94. The first-order valence-electron chi connectivity index (χ1n) is 19.9. The highest BCUT2D eigenvalue weighted by atomic mass is 32.1. The van der Waals surface area contributed by atoms with Crippen molar-refractivity contribution in [2.45, 2.75) is 19.3 Å². The maximum Gasteiger partial charge on any atom is 0.160 e. The number of fused-ring (bicyclic) bond motifs is 6. The third-order valence-corrected chi connectivity index (χ3v) is 13.0. The average Bonchev–Trinajstić information content (AvgIpc) is 3.78. The third kappa shape index (κ3) is 5.78. The van der Waals surface area contributed by atoms with Crippen molar-refractivity contribution < 1.29 is 0 Å². The van der Waals surface area contributed by atoms with Crippen LogP contribution in [-0.2, 0) is 5.41 Å². The summed E-state index contributed by atoms with van der Waals surface area (Å²) in [6.07, 6.45) is 0. The lowest BCUT2D eigenvalue weighted by Crippen LogP contribution is -2.14. The molecule has 2 heterocycles. The fourth-order valence-electron chi connectivity index (χ4n) is 8.94. The summed E-state index contributed by atoms with van der Waals surface area (Å²) < 4.78 is 2.60. The van der Waals surface area contributed by atoms with Gasteiger partial charge in [-0.25, -0.2) is 9.97 Å². The van der Waals surface area contributed by atoms with E-state index in [1.807, 2.05) is 17.4 Å². The second-order valence-corrected chi connectivity index (χ2v) is 16.9. The number of rotatable bonds is 6. The minimum atomic E-state index is -0.119. The molecule has 0 bridgehead atoms. The van der Waals surface area contributed by atoms with Gasteiger partial charge in [-0.05, 0) is 104 Å². The maximum atomic E-state index is 5.37. The van der Waals surface area contributed by atoms with Crippen molar-refractivity contribution in [2.24, 2.45) is 0 Å². The zero-order valence-corrected chi connectivity index (χ0v) is 33.1. The van der Waals surface area contributed by atoms with Crippen molar-refractivity contribution >= 4 is 31.5 Å². The van der Waals surface area contributed by atoms with Gasteiger partial charge < -0.3 is 0 Å². The first-order valence-corrected chi connectivity index (χ1v) is 20.7. The standard InChI is InChI=1S/C55H38N2S/c1-55(2)47-24-11-9-22-44(47)53-45(23-14-25-48(53)55)50-34-49(56-54(57-50)36-17-7-4-8-18-36)42-31-40(38-20-13-19-37(29-38)35-15-5-3-6-16-35)30-41(32-42)39-27-28-52-46(33-39)43-21-10-12-26-51(43)58-52/h3-34H,1-2H3. The second-order valence-electron chi connectivity index (χ2n) is 15.8. The van der Waals surface area contributed by atoms with E-state index in [0.717, 1.165) is 44.8 Å². The van der Waals surface area contributed by atoms with Gasteiger partial charge in [-0.1, -0.05) is 159 Å². The SMILES string of the molecule is CC1(C)c2ccccc2-c2c(-c3cc(-c4cc(-c5cccc(-c6ccccc6)c5)cc(-c5ccc6sc7ccccc7c6c5)c4)nc(-c4ccccc4)n3)cccc21. The molecular formula is C55H38N2S. The summed E-state index contributed by atoms with van der Waals surface area (Å²) in [5.74, 6) is 0.709. The van der Waals surface area contributed by atoms with Crippen LogP contribution in [0.5, 0.6) is 0 Å². The molecule has 0 aliphatic heterocycles. The van der Waals surface area contributed by atoms with Crippen molar-refractivity contribution in [3.63, 3.8) is 0 Å². The molecule has 2 aromatic heterocycles. The Kier molecular flexibility index (Phi) is 8.06. The van der Waals surface area contributed by atoms with Crippen LogP contribution in [0.25, 0.3) is 98.6 Å². The lowest BCUT2D eigenvalue weighted by atomic mass is 9.82. The number of hydrogen-bond acceptors (Lipinski definition) is 3. The zero-order valence-electron chi connectivity index (χ0n) is 32.3. The Morgan fingerprint density at radius 3 is 1.72 bits per heavy atom. The molecule has 274 valence electrons. The van der Waals surface area contributed by atoms with E-state index in [0.29, 0.717) is 5.82 Å². The van der Waals surface area contributed by atoms with E-state index < -0.39 is 0 Å². The van der Waals surface area contributed by atoms with Crippen molar-refractivity contribution in [3.8, 4) is 78.4 Å². The number of benzene rings is 8. The summed E-state index contributed by atoms with van der Waals surface area (Å²) in [5.41, 5.74) is 17.0. The van der Waals surface area contributed by atoms with Crippen LogP contribution in [0.1, 0.15) is 25.0 Å². The lowest BCUT2D eigenvalue weighted by Gasteiger charge is -2.21. The van der Waals surface area contributed by atoms with Gasteiger partial charge >= 0.3 is 0 Å². The third-order valence-electron chi connectivity index (χ3n) is 11.9. The Bertz CT molecular complexity index is 3190. The van der Waals surface area contributed by atoms with Gasteiger partial charge in [-0.2, -0.15) is 0 Å². The van der Waals surface area contributed by atoms with E-state index in [2.05, 4.69) is 202 Å². The van der Waals surface area contributed by atoms with E-state index in [4.69, 9.17) is 9.97 Å². The van der Waals surface area contributed by atoms with E-state index >= 15 is 0 Å². The summed E-state index contributed by atoms with van der Waals surface area (Å²) in [6, 6.07) is 70.2.